The molecule has 1 amide bonds. The number of benzene rings is 1. The fourth-order valence-corrected chi connectivity index (χ4v) is 2.66. The van der Waals surface area contributed by atoms with E-state index in [0.29, 0.717) is 25.4 Å². The Morgan fingerprint density at radius 2 is 2.10 bits per heavy atom. The summed E-state index contributed by atoms with van der Waals surface area (Å²) in [6.45, 7) is 5.46. The SMILES string of the molecule is CCOc1ccc(N)cc1CN(C)CC(=O)N1CCCC1. The number of nitrogen functional groups attached to an aromatic ring is 1. The lowest BCUT2D eigenvalue weighted by molar-refractivity contribution is -0.131. The Morgan fingerprint density at radius 3 is 2.76 bits per heavy atom. The summed E-state index contributed by atoms with van der Waals surface area (Å²) in [4.78, 5) is 16.1. The van der Waals surface area contributed by atoms with Gasteiger partial charge in [-0.05, 0) is 45.0 Å². The fraction of sp³-hybridized carbons (Fsp3) is 0.562. The van der Waals surface area contributed by atoms with Gasteiger partial charge in [-0.2, -0.15) is 0 Å². The molecule has 1 saturated heterocycles. The number of likely N-dealkylation sites (tertiary alicyclic amines) is 1. The number of ether oxygens (including phenoxy) is 1. The third kappa shape index (κ3) is 4.36. The summed E-state index contributed by atoms with van der Waals surface area (Å²) in [5.74, 6) is 1.05. The van der Waals surface area contributed by atoms with E-state index in [0.717, 1.165) is 37.2 Å². The lowest BCUT2D eigenvalue weighted by atomic mass is 10.1. The van der Waals surface area contributed by atoms with Crippen LogP contribution in [-0.2, 0) is 11.3 Å². The number of rotatable bonds is 6. The first-order valence-corrected chi connectivity index (χ1v) is 7.57. The Bertz CT molecular complexity index is 484. The summed E-state index contributed by atoms with van der Waals surface area (Å²) in [7, 11) is 1.95. The van der Waals surface area contributed by atoms with Gasteiger partial charge in [0, 0.05) is 30.9 Å². The molecule has 1 aromatic carbocycles. The van der Waals surface area contributed by atoms with Crippen LogP contribution in [0.2, 0.25) is 0 Å². The van der Waals surface area contributed by atoms with Crippen LogP contribution < -0.4 is 10.5 Å². The molecule has 1 aliphatic rings. The molecule has 0 saturated carbocycles. The number of hydrogen-bond acceptors (Lipinski definition) is 4. The van der Waals surface area contributed by atoms with E-state index in [2.05, 4.69) is 0 Å². The highest BCUT2D eigenvalue weighted by Gasteiger charge is 2.19. The number of carbonyl (C=O) groups is 1. The number of nitrogens with zero attached hydrogens (tertiary/aromatic N) is 2. The molecular weight excluding hydrogens is 266 g/mol. The lowest BCUT2D eigenvalue weighted by Gasteiger charge is -2.22. The second-order valence-corrected chi connectivity index (χ2v) is 5.56. The van der Waals surface area contributed by atoms with Crippen molar-refractivity contribution in [3.8, 4) is 5.75 Å². The van der Waals surface area contributed by atoms with Crippen molar-refractivity contribution in [3.05, 3.63) is 23.8 Å². The van der Waals surface area contributed by atoms with Gasteiger partial charge in [0.15, 0.2) is 0 Å². The van der Waals surface area contributed by atoms with E-state index in [9.17, 15) is 4.79 Å². The van der Waals surface area contributed by atoms with Crippen molar-refractivity contribution in [1.29, 1.82) is 0 Å². The van der Waals surface area contributed by atoms with Gasteiger partial charge in [0.25, 0.3) is 0 Å². The van der Waals surface area contributed by atoms with Gasteiger partial charge in [0.05, 0.1) is 13.2 Å². The lowest BCUT2D eigenvalue weighted by Crippen LogP contribution is -2.37. The van der Waals surface area contributed by atoms with E-state index in [-0.39, 0.29) is 5.91 Å². The maximum atomic E-state index is 12.2. The third-order valence-corrected chi connectivity index (χ3v) is 3.69. The Balaban J connectivity index is 1.96. The highest BCUT2D eigenvalue weighted by Crippen LogP contribution is 2.23. The molecule has 0 atom stereocenters. The molecule has 0 aromatic heterocycles. The van der Waals surface area contributed by atoms with Crippen LogP contribution in [0.25, 0.3) is 0 Å². The largest absolute Gasteiger partial charge is 0.494 e. The maximum Gasteiger partial charge on any atom is 0.236 e. The van der Waals surface area contributed by atoms with Crippen molar-refractivity contribution in [2.24, 2.45) is 0 Å². The zero-order chi connectivity index (χ0) is 15.2. The molecule has 5 nitrogen and oxygen atoms in total. The minimum atomic E-state index is 0.205. The number of likely N-dealkylation sites (N-methyl/N-ethyl adjacent to an activating group) is 1. The number of anilines is 1. The summed E-state index contributed by atoms with van der Waals surface area (Å²) in [6.07, 6.45) is 2.25. The molecule has 1 aromatic rings. The van der Waals surface area contributed by atoms with Crippen molar-refractivity contribution >= 4 is 11.6 Å². The van der Waals surface area contributed by atoms with E-state index in [1.165, 1.54) is 0 Å². The van der Waals surface area contributed by atoms with Crippen LogP contribution in [0.5, 0.6) is 5.75 Å². The quantitative estimate of drug-likeness (QED) is 0.811. The first kappa shape index (κ1) is 15.6. The Hall–Kier alpha value is -1.75. The standard InChI is InChI=1S/C16H25N3O2/c1-3-21-15-7-6-14(17)10-13(15)11-18(2)12-16(20)19-8-4-5-9-19/h6-7,10H,3-5,8-9,11-12,17H2,1-2H3. The summed E-state index contributed by atoms with van der Waals surface area (Å²) < 4.78 is 5.62. The molecule has 5 heteroatoms. The predicted molar refractivity (Wildman–Crippen MR) is 84.2 cm³/mol. The van der Waals surface area contributed by atoms with E-state index in [1.54, 1.807) is 0 Å². The molecule has 0 spiro atoms. The minimum absolute atomic E-state index is 0.205. The highest BCUT2D eigenvalue weighted by molar-refractivity contribution is 5.78. The summed E-state index contributed by atoms with van der Waals surface area (Å²) >= 11 is 0. The van der Waals surface area contributed by atoms with Crippen LogP contribution in [-0.4, -0.2) is 49.0 Å². The molecule has 2 N–H and O–H groups in total. The van der Waals surface area contributed by atoms with Crippen molar-refractivity contribution < 1.29 is 9.53 Å². The smallest absolute Gasteiger partial charge is 0.236 e. The molecule has 0 radical (unpaired) electrons. The van der Waals surface area contributed by atoms with Gasteiger partial charge < -0.3 is 15.4 Å². The molecule has 0 unspecified atom stereocenters. The van der Waals surface area contributed by atoms with Crippen LogP contribution in [0.4, 0.5) is 5.69 Å². The fourth-order valence-electron chi connectivity index (χ4n) is 2.66. The molecule has 1 aliphatic heterocycles. The Labute approximate surface area is 126 Å². The first-order chi connectivity index (χ1) is 10.1. The highest BCUT2D eigenvalue weighted by atomic mass is 16.5. The maximum absolute atomic E-state index is 12.2. The average Bonchev–Trinajstić information content (AvgIpc) is 2.96. The second kappa shape index (κ2) is 7.31. The number of carbonyl (C=O) groups excluding carboxylic acids is 1. The Kier molecular flexibility index (Phi) is 5.44. The number of amides is 1. The van der Waals surface area contributed by atoms with Crippen LogP contribution in [0.3, 0.4) is 0 Å². The first-order valence-electron chi connectivity index (χ1n) is 7.57. The molecule has 0 aliphatic carbocycles. The van der Waals surface area contributed by atoms with Crippen LogP contribution >= 0.6 is 0 Å². The van der Waals surface area contributed by atoms with E-state index in [4.69, 9.17) is 10.5 Å². The normalized spacial score (nSPS) is 14.7. The average molecular weight is 291 g/mol. The van der Waals surface area contributed by atoms with Crippen LogP contribution in [0.1, 0.15) is 25.3 Å². The molecule has 0 bridgehead atoms. The molecule has 116 valence electrons. The molecular formula is C16H25N3O2. The van der Waals surface area contributed by atoms with E-state index in [1.807, 2.05) is 42.0 Å². The zero-order valence-corrected chi connectivity index (χ0v) is 13.0. The summed E-state index contributed by atoms with van der Waals surface area (Å²) in [6, 6.07) is 5.65. The van der Waals surface area contributed by atoms with Crippen molar-refractivity contribution in [1.82, 2.24) is 9.80 Å². The molecule has 2 rings (SSSR count). The zero-order valence-electron chi connectivity index (χ0n) is 13.0. The van der Waals surface area contributed by atoms with Crippen molar-refractivity contribution in [2.45, 2.75) is 26.3 Å². The summed E-state index contributed by atoms with van der Waals surface area (Å²) in [5.41, 5.74) is 7.59. The van der Waals surface area contributed by atoms with Gasteiger partial charge in [-0.3, -0.25) is 9.69 Å². The topological polar surface area (TPSA) is 58.8 Å². The predicted octanol–water partition coefficient (Wildman–Crippen LogP) is 1.72. The van der Waals surface area contributed by atoms with Gasteiger partial charge in [0.1, 0.15) is 5.75 Å². The Morgan fingerprint density at radius 1 is 1.38 bits per heavy atom. The van der Waals surface area contributed by atoms with Gasteiger partial charge in [-0.15, -0.1) is 0 Å². The third-order valence-electron chi connectivity index (χ3n) is 3.69. The molecule has 1 heterocycles. The molecule has 1 fully saturated rings. The van der Waals surface area contributed by atoms with E-state index < -0.39 is 0 Å². The van der Waals surface area contributed by atoms with Crippen LogP contribution in [0.15, 0.2) is 18.2 Å². The van der Waals surface area contributed by atoms with Crippen molar-refractivity contribution in [2.75, 3.05) is 39.0 Å². The van der Waals surface area contributed by atoms with Gasteiger partial charge in [0.2, 0.25) is 5.91 Å². The molecule has 21 heavy (non-hydrogen) atoms. The van der Waals surface area contributed by atoms with Gasteiger partial charge >= 0.3 is 0 Å². The monoisotopic (exact) mass is 291 g/mol. The minimum Gasteiger partial charge on any atom is -0.494 e. The number of nitrogens with two attached hydrogens (primary N) is 1. The van der Waals surface area contributed by atoms with Crippen LogP contribution in [0, 0.1) is 0 Å². The van der Waals surface area contributed by atoms with Gasteiger partial charge in [-0.25, -0.2) is 0 Å². The van der Waals surface area contributed by atoms with Gasteiger partial charge in [-0.1, -0.05) is 0 Å². The summed E-state index contributed by atoms with van der Waals surface area (Å²) in [5, 5.41) is 0. The second-order valence-electron chi connectivity index (χ2n) is 5.56. The van der Waals surface area contributed by atoms with Crippen molar-refractivity contribution in [3.63, 3.8) is 0 Å². The van der Waals surface area contributed by atoms with E-state index >= 15 is 0 Å². The number of hydrogen-bond donors (Lipinski definition) is 1.